The second kappa shape index (κ2) is 4.85. The summed E-state index contributed by atoms with van der Waals surface area (Å²) >= 11 is 3.78. The monoisotopic (exact) mass is 215 g/mol. The third-order valence-electron chi connectivity index (χ3n) is 1.53. The van der Waals surface area contributed by atoms with E-state index in [1.807, 2.05) is 0 Å². The van der Waals surface area contributed by atoms with Crippen LogP contribution in [0, 0.1) is 5.82 Å². The molecule has 1 aromatic rings. The Morgan fingerprint density at radius 2 is 2.29 bits per heavy atom. The Kier molecular flexibility index (Phi) is 3.76. The first kappa shape index (κ1) is 10.8. The predicted molar refractivity (Wildman–Crippen MR) is 55.4 cm³/mol. The fraction of sp³-hybridized carbons (Fsp3) is 0.222. The van der Waals surface area contributed by atoms with Crippen molar-refractivity contribution in [1.82, 2.24) is 0 Å². The van der Waals surface area contributed by atoms with Crippen molar-refractivity contribution in [1.29, 1.82) is 0 Å². The molecule has 76 valence electrons. The van der Waals surface area contributed by atoms with Gasteiger partial charge in [-0.25, -0.2) is 4.39 Å². The number of hydrogen-bond acceptors (Lipinski definition) is 3. The molecule has 14 heavy (non-hydrogen) atoms. The van der Waals surface area contributed by atoms with Crippen LogP contribution < -0.4 is 10.1 Å². The number of carbonyl (C=O) groups excluding carboxylic acids is 1. The number of benzene rings is 1. The minimum absolute atomic E-state index is 0.0544. The molecule has 3 nitrogen and oxygen atoms in total. The maximum Gasteiger partial charge on any atom is 0.234 e. The Balaban J connectivity index is 2.86. The molecule has 5 heteroatoms. The van der Waals surface area contributed by atoms with Gasteiger partial charge in [0.15, 0.2) is 0 Å². The molecule has 0 saturated heterocycles. The van der Waals surface area contributed by atoms with E-state index >= 15 is 0 Å². The van der Waals surface area contributed by atoms with Gasteiger partial charge in [0.05, 0.1) is 12.9 Å². The zero-order chi connectivity index (χ0) is 10.6. The Morgan fingerprint density at radius 1 is 1.57 bits per heavy atom. The summed E-state index contributed by atoms with van der Waals surface area (Å²) in [5.41, 5.74) is 0.362. The van der Waals surface area contributed by atoms with Crippen LogP contribution in [-0.4, -0.2) is 18.8 Å². The van der Waals surface area contributed by atoms with Crippen LogP contribution in [0.25, 0.3) is 0 Å². The molecule has 0 atom stereocenters. The number of halogens is 1. The highest BCUT2D eigenvalue weighted by atomic mass is 32.1. The van der Waals surface area contributed by atoms with Gasteiger partial charge in [-0.05, 0) is 6.07 Å². The van der Waals surface area contributed by atoms with Crippen LogP contribution in [0.4, 0.5) is 10.1 Å². The molecule has 0 unspecified atom stereocenters. The highest BCUT2D eigenvalue weighted by molar-refractivity contribution is 7.81. The molecule has 0 spiro atoms. The maximum atomic E-state index is 12.9. The van der Waals surface area contributed by atoms with Gasteiger partial charge >= 0.3 is 0 Å². The lowest BCUT2D eigenvalue weighted by atomic mass is 10.3. The van der Waals surface area contributed by atoms with E-state index in [1.54, 1.807) is 0 Å². The molecule has 0 aliphatic rings. The average Bonchev–Trinajstić information content (AvgIpc) is 2.16. The van der Waals surface area contributed by atoms with Crippen molar-refractivity contribution in [3.05, 3.63) is 24.0 Å². The summed E-state index contributed by atoms with van der Waals surface area (Å²) < 4.78 is 17.8. The number of nitrogens with one attached hydrogen (secondary N) is 1. The SMILES string of the molecule is COc1cc(F)cc(NC(=O)CS)c1. The second-order valence-electron chi connectivity index (χ2n) is 2.59. The van der Waals surface area contributed by atoms with E-state index in [-0.39, 0.29) is 11.7 Å². The molecule has 1 aromatic carbocycles. The van der Waals surface area contributed by atoms with Crippen molar-refractivity contribution in [2.45, 2.75) is 0 Å². The standard InChI is InChI=1S/C9H10FNO2S/c1-13-8-3-6(10)2-7(4-8)11-9(12)5-14/h2-4,14H,5H2,1H3,(H,11,12). The second-order valence-corrected chi connectivity index (χ2v) is 2.90. The number of thiol groups is 1. The van der Waals surface area contributed by atoms with Gasteiger partial charge in [-0.1, -0.05) is 0 Å². The lowest BCUT2D eigenvalue weighted by molar-refractivity contribution is -0.113. The molecule has 0 radical (unpaired) electrons. The number of rotatable bonds is 3. The Morgan fingerprint density at radius 3 is 2.86 bits per heavy atom. The first-order valence-corrected chi connectivity index (χ1v) is 4.54. The third-order valence-corrected chi connectivity index (χ3v) is 1.82. The molecule has 0 aromatic heterocycles. The van der Waals surface area contributed by atoms with Crippen LogP contribution in [0.5, 0.6) is 5.75 Å². The first-order valence-electron chi connectivity index (χ1n) is 3.91. The summed E-state index contributed by atoms with van der Waals surface area (Å²) in [5, 5.41) is 2.47. The van der Waals surface area contributed by atoms with Gasteiger partial charge in [0.1, 0.15) is 11.6 Å². The molecule has 0 saturated carbocycles. The van der Waals surface area contributed by atoms with E-state index in [4.69, 9.17) is 4.74 Å². The van der Waals surface area contributed by atoms with Crippen molar-refractivity contribution < 1.29 is 13.9 Å². The summed E-state index contributed by atoms with van der Waals surface area (Å²) in [4.78, 5) is 10.9. The molecular formula is C9H10FNO2S. The van der Waals surface area contributed by atoms with Gasteiger partial charge in [-0.3, -0.25) is 4.79 Å². The van der Waals surface area contributed by atoms with Crippen LogP contribution in [0.1, 0.15) is 0 Å². The summed E-state index contributed by atoms with van der Waals surface area (Å²) in [5.74, 6) is -0.335. The number of methoxy groups -OCH3 is 1. The molecule has 1 amide bonds. The smallest absolute Gasteiger partial charge is 0.234 e. The van der Waals surface area contributed by atoms with Crippen molar-refractivity contribution in [3.63, 3.8) is 0 Å². The van der Waals surface area contributed by atoms with Gasteiger partial charge in [-0.2, -0.15) is 12.6 Å². The van der Waals surface area contributed by atoms with Gasteiger partial charge in [0, 0.05) is 17.8 Å². The molecule has 1 N–H and O–H groups in total. The zero-order valence-electron chi connectivity index (χ0n) is 7.58. The normalized spacial score (nSPS) is 9.64. The van der Waals surface area contributed by atoms with Gasteiger partial charge in [0.25, 0.3) is 0 Å². The summed E-state index contributed by atoms with van der Waals surface area (Å²) in [7, 11) is 1.43. The number of amides is 1. The van der Waals surface area contributed by atoms with Crippen LogP contribution >= 0.6 is 12.6 Å². The largest absolute Gasteiger partial charge is 0.497 e. The van der Waals surface area contributed by atoms with Crippen molar-refractivity contribution in [3.8, 4) is 5.75 Å². The fourth-order valence-corrected chi connectivity index (χ4v) is 1.03. The molecule has 0 fully saturated rings. The molecular weight excluding hydrogens is 205 g/mol. The van der Waals surface area contributed by atoms with Crippen molar-refractivity contribution >= 4 is 24.2 Å². The average molecular weight is 215 g/mol. The fourth-order valence-electron chi connectivity index (χ4n) is 0.953. The van der Waals surface area contributed by atoms with Crippen LogP contribution in [-0.2, 0) is 4.79 Å². The van der Waals surface area contributed by atoms with Crippen molar-refractivity contribution in [2.75, 3.05) is 18.2 Å². The number of hydrogen-bond donors (Lipinski definition) is 2. The highest BCUT2D eigenvalue weighted by Gasteiger charge is 2.03. The first-order chi connectivity index (χ1) is 6.65. The highest BCUT2D eigenvalue weighted by Crippen LogP contribution is 2.19. The lowest BCUT2D eigenvalue weighted by Crippen LogP contribution is -2.12. The Hall–Kier alpha value is -1.23. The molecule has 0 heterocycles. The molecule has 0 aliphatic heterocycles. The number of ether oxygens (including phenoxy) is 1. The topological polar surface area (TPSA) is 38.3 Å². The van der Waals surface area contributed by atoms with E-state index in [2.05, 4.69) is 17.9 Å². The third kappa shape index (κ3) is 2.92. The molecule has 0 bridgehead atoms. The lowest BCUT2D eigenvalue weighted by Gasteiger charge is -2.05. The van der Waals surface area contributed by atoms with Crippen LogP contribution in [0.3, 0.4) is 0 Å². The molecule has 0 aliphatic carbocycles. The van der Waals surface area contributed by atoms with Gasteiger partial charge in [0.2, 0.25) is 5.91 Å². The van der Waals surface area contributed by atoms with Crippen molar-refractivity contribution in [2.24, 2.45) is 0 Å². The van der Waals surface area contributed by atoms with E-state index in [9.17, 15) is 9.18 Å². The van der Waals surface area contributed by atoms with Crippen LogP contribution in [0.15, 0.2) is 18.2 Å². The molecule has 1 rings (SSSR count). The van der Waals surface area contributed by atoms with Gasteiger partial charge < -0.3 is 10.1 Å². The van der Waals surface area contributed by atoms with E-state index < -0.39 is 5.82 Å². The summed E-state index contributed by atoms with van der Waals surface area (Å²) in [6, 6.07) is 3.98. The minimum Gasteiger partial charge on any atom is -0.497 e. The van der Waals surface area contributed by atoms with E-state index in [0.717, 1.165) is 0 Å². The number of carbonyl (C=O) groups is 1. The van der Waals surface area contributed by atoms with E-state index in [0.29, 0.717) is 11.4 Å². The summed E-state index contributed by atoms with van der Waals surface area (Å²) in [6.07, 6.45) is 0. The summed E-state index contributed by atoms with van der Waals surface area (Å²) in [6.45, 7) is 0. The van der Waals surface area contributed by atoms with E-state index in [1.165, 1.54) is 25.3 Å². The van der Waals surface area contributed by atoms with Crippen LogP contribution in [0.2, 0.25) is 0 Å². The Labute approximate surface area is 86.7 Å². The zero-order valence-corrected chi connectivity index (χ0v) is 8.48. The van der Waals surface area contributed by atoms with Gasteiger partial charge in [-0.15, -0.1) is 0 Å². The Bertz CT molecular complexity index is 344. The minimum atomic E-state index is -0.459. The predicted octanol–water partition coefficient (Wildman–Crippen LogP) is 1.70. The quantitative estimate of drug-likeness (QED) is 0.753. The maximum absolute atomic E-state index is 12.9. The number of anilines is 1.